The van der Waals surface area contributed by atoms with E-state index in [1.54, 1.807) is 11.4 Å². The molecule has 300 valence electrons. The molecule has 0 radical (unpaired) electrons. The number of likely N-dealkylation sites (tertiary alicyclic amines) is 1. The number of anilines is 1. The van der Waals surface area contributed by atoms with Crippen molar-refractivity contribution in [3.63, 3.8) is 0 Å². The normalized spacial score (nSPS) is 22.8. The van der Waals surface area contributed by atoms with Crippen molar-refractivity contribution in [2.45, 2.75) is 117 Å². The number of aliphatic carboxylic acids is 1. The van der Waals surface area contributed by atoms with Crippen molar-refractivity contribution in [1.82, 2.24) is 25.5 Å². The first-order chi connectivity index (χ1) is 26.3. The van der Waals surface area contributed by atoms with Crippen molar-refractivity contribution in [3.8, 4) is 17.1 Å². The van der Waals surface area contributed by atoms with Gasteiger partial charge in [-0.25, -0.2) is 19.6 Å². The number of aryl methyl sites for hydroxylation is 1. The third kappa shape index (κ3) is 8.98. The maximum absolute atomic E-state index is 14.5. The molecule has 6 rings (SSSR count). The fourth-order valence-electron chi connectivity index (χ4n) is 7.11. The summed E-state index contributed by atoms with van der Waals surface area (Å²) >= 11 is 1.28. The van der Waals surface area contributed by atoms with Gasteiger partial charge in [0.1, 0.15) is 41.3 Å². The molecular formula is C41H52N6O8S. The second-order valence-electron chi connectivity index (χ2n) is 17.5. The number of thiazole rings is 1. The molecule has 15 heteroatoms. The quantitative estimate of drug-likeness (QED) is 0.153. The van der Waals surface area contributed by atoms with Crippen molar-refractivity contribution in [3.05, 3.63) is 47.9 Å². The summed E-state index contributed by atoms with van der Waals surface area (Å²) in [5.41, 5.74) is 0.144. The summed E-state index contributed by atoms with van der Waals surface area (Å²) in [5.74, 6) is -2.50. The summed E-state index contributed by atoms with van der Waals surface area (Å²) in [4.78, 5) is 77.5. The van der Waals surface area contributed by atoms with Crippen molar-refractivity contribution in [1.29, 1.82) is 0 Å². The van der Waals surface area contributed by atoms with Crippen LogP contribution in [0, 0.1) is 23.7 Å². The van der Waals surface area contributed by atoms with Gasteiger partial charge in [-0.1, -0.05) is 53.7 Å². The molecule has 1 saturated heterocycles. The SMILES string of the molecule is C=C[C@@H]1C[C@]1(NC(=O)[C@@H]1C[C@@H](Oc2cc(-c3csc(NC(=O)CC(C)(C)C)n3)nc3cc(C)ccc23)CN1C(=O)[C@@H](NC(=O)OC1CCC1)C(C)(C)C)C(=O)O. The van der Waals surface area contributed by atoms with E-state index in [1.807, 2.05) is 66.7 Å². The largest absolute Gasteiger partial charge is 0.488 e. The third-order valence-electron chi connectivity index (χ3n) is 10.5. The van der Waals surface area contributed by atoms with Crippen LogP contribution >= 0.6 is 11.3 Å². The fourth-order valence-corrected chi connectivity index (χ4v) is 7.83. The first kappa shape index (κ1) is 40.6. The molecule has 2 saturated carbocycles. The number of carbonyl (C=O) groups is 5. The second-order valence-corrected chi connectivity index (χ2v) is 18.4. The maximum atomic E-state index is 14.5. The van der Waals surface area contributed by atoms with E-state index >= 15 is 0 Å². The van der Waals surface area contributed by atoms with Crippen LogP contribution in [0.1, 0.15) is 85.6 Å². The predicted octanol–water partition coefficient (Wildman–Crippen LogP) is 6.23. The molecule has 2 aliphatic carbocycles. The minimum Gasteiger partial charge on any atom is -0.488 e. The van der Waals surface area contributed by atoms with Gasteiger partial charge in [0, 0.05) is 35.6 Å². The molecule has 3 aliphatic rings. The van der Waals surface area contributed by atoms with Gasteiger partial charge in [-0.05, 0) is 61.1 Å². The van der Waals surface area contributed by atoms with E-state index in [0.717, 1.165) is 24.8 Å². The van der Waals surface area contributed by atoms with Crippen molar-refractivity contribution >= 4 is 57.2 Å². The van der Waals surface area contributed by atoms with Crippen molar-refractivity contribution < 1.29 is 38.6 Å². The number of nitrogens with one attached hydrogen (secondary N) is 3. The number of fused-ring (bicyclic) bond motifs is 1. The Morgan fingerprint density at radius 1 is 1.07 bits per heavy atom. The highest BCUT2D eigenvalue weighted by molar-refractivity contribution is 7.14. The minimum absolute atomic E-state index is 0.0283. The molecule has 2 aromatic heterocycles. The lowest BCUT2D eigenvalue weighted by atomic mass is 9.85. The van der Waals surface area contributed by atoms with Crippen LogP contribution in [0.25, 0.3) is 22.3 Å². The van der Waals surface area contributed by atoms with Gasteiger partial charge in [-0.3, -0.25) is 14.4 Å². The molecule has 4 N–H and O–H groups in total. The molecule has 3 aromatic rings. The topological polar surface area (TPSA) is 189 Å². The van der Waals surface area contributed by atoms with Crippen molar-refractivity contribution in [2.75, 3.05) is 11.9 Å². The lowest BCUT2D eigenvalue weighted by molar-refractivity contribution is -0.146. The van der Waals surface area contributed by atoms with Crippen LogP contribution in [0.4, 0.5) is 9.93 Å². The minimum atomic E-state index is -1.52. The highest BCUT2D eigenvalue weighted by Gasteiger charge is 2.61. The molecule has 5 atom stereocenters. The number of ether oxygens (including phenoxy) is 2. The number of carboxylic acids is 1. The Hall–Kier alpha value is -5.05. The van der Waals surface area contributed by atoms with E-state index in [4.69, 9.17) is 14.5 Å². The van der Waals surface area contributed by atoms with E-state index in [2.05, 4.69) is 27.5 Å². The number of aromatic nitrogens is 2. The first-order valence-electron chi connectivity index (χ1n) is 19.1. The van der Waals surface area contributed by atoms with Gasteiger partial charge in [-0.15, -0.1) is 17.9 Å². The lowest BCUT2D eigenvalue weighted by Crippen LogP contribution is -2.59. The van der Waals surface area contributed by atoms with Gasteiger partial charge < -0.3 is 35.4 Å². The van der Waals surface area contributed by atoms with E-state index in [-0.39, 0.29) is 36.8 Å². The van der Waals surface area contributed by atoms with Gasteiger partial charge >= 0.3 is 12.1 Å². The number of hydrogen-bond acceptors (Lipinski definition) is 10. The molecule has 1 aliphatic heterocycles. The van der Waals surface area contributed by atoms with Gasteiger partial charge in [-0.2, -0.15) is 0 Å². The van der Waals surface area contributed by atoms with Gasteiger partial charge in [0.25, 0.3) is 0 Å². The zero-order valence-corrected chi connectivity index (χ0v) is 33.9. The monoisotopic (exact) mass is 788 g/mol. The summed E-state index contributed by atoms with van der Waals surface area (Å²) in [6.07, 6.45) is 2.91. The number of carbonyl (C=O) groups excluding carboxylic acids is 4. The smallest absolute Gasteiger partial charge is 0.408 e. The predicted molar refractivity (Wildman–Crippen MR) is 212 cm³/mol. The van der Waals surface area contributed by atoms with Crippen LogP contribution < -0.4 is 20.7 Å². The standard InChI is InChI=1S/C41H52N6O8S/c1-9-23-18-41(23,36(51)52)46-34(49)30-16-25(20-47(30)35(50)33(40(6,7)8)45-38(53)55-24-11-10-12-24)54-31-17-28(42-27-15-22(2)13-14-26(27)31)29-21-56-37(43-29)44-32(48)19-39(3,4)5/h9,13-15,17,21,23-25,30,33H,1,10-12,16,18-20H2,2-8H3,(H,45,53)(H,46,49)(H,51,52)(H,43,44,48)/t23-,25-,30+,33-,41-/m1/s1. The molecule has 1 aromatic carbocycles. The van der Waals surface area contributed by atoms with E-state index in [9.17, 15) is 29.1 Å². The molecule has 56 heavy (non-hydrogen) atoms. The van der Waals surface area contributed by atoms with Gasteiger partial charge in [0.15, 0.2) is 5.13 Å². The average molecular weight is 789 g/mol. The lowest BCUT2D eigenvalue weighted by Gasteiger charge is -2.36. The van der Waals surface area contributed by atoms with Crippen LogP contribution in [-0.4, -0.2) is 86.1 Å². The maximum Gasteiger partial charge on any atom is 0.408 e. The van der Waals surface area contributed by atoms with Gasteiger partial charge in [0.2, 0.25) is 17.7 Å². The Morgan fingerprint density at radius 2 is 1.80 bits per heavy atom. The summed E-state index contributed by atoms with van der Waals surface area (Å²) < 4.78 is 12.2. The van der Waals surface area contributed by atoms with Crippen LogP contribution in [-0.2, 0) is 23.9 Å². The molecule has 4 amide bonds. The molecule has 0 spiro atoms. The third-order valence-corrected chi connectivity index (χ3v) is 11.3. The molecule has 0 unspecified atom stereocenters. The highest BCUT2D eigenvalue weighted by atomic mass is 32.1. The summed E-state index contributed by atoms with van der Waals surface area (Å²) in [7, 11) is 0. The Labute approximate surface area is 330 Å². The molecule has 3 fully saturated rings. The fraction of sp³-hybridized carbons (Fsp3) is 0.537. The average Bonchev–Trinajstić information content (AvgIpc) is 3.36. The summed E-state index contributed by atoms with van der Waals surface area (Å²) in [5, 5.41) is 21.4. The first-order valence-corrected chi connectivity index (χ1v) is 19.9. The van der Waals surface area contributed by atoms with E-state index < -0.39 is 58.9 Å². The molecule has 3 heterocycles. The Bertz CT molecular complexity index is 2050. The van der Waals surface area contributed by atoms with Crippen molar-refractivity contribution in [2.24, 2.45) is 16.7 Å². The number of carboxylic acid groups (broad SMARTS) is 1. The summed E-state index contributed by atoms with van der Waals surface area (Å²) in [6.45, 7) is 17.0. The number of benzene rings is 1. The molecule has 14 nitrogen and oxygen atoms in total. The zero-order valence-electron chi connectivity index (χ0n) is 33.1. The zero-order chi connectivity index (χ0) is 40.7. The Morgan fingerprint density at radius 3 is 2.41 bits per heavy atom. The van der Waals surface area contributed by atoms with Crippen LogP contribution in [0.5, 0.6) is 5.75 Å². The Balaban J connectivity index is 1.30. The van der Waals surface area contributed by atoms with Crippen LogP contribution in [0.2, 0.25) is 0 Å². The number of alkyl carbamates (subject to hydrolysis) is 1. The molecule has 0 bridgehead atoms. The highest BCUT2D eigenvalue weighted by Crippen LogP contribution is 2.45. The van der Waals surface area contributed by atoms with Crippen LogP contribution in [0.3, 0.4) is 0 Å². The number of hydrogen-bond donors (Lipinski definition) is 4. The number of rotatable bonds is 12. The Kier molecular flexibility index (Phi) is 11.2. The number of amides is 4. The van der Waals surface area contributed by atoms with E-state index in [0.29, 0.717) is 39.6 Å². The van der Waals surface area contributed by atoms with Gasteiger partial charge in [0.05, 0.1) is 17.8 Å². The second kappa shape index (κ2) is 15.5. The van der Waals surface area contributed by atoms with E-state index in [1.165, 1.54) is 22.3 Å². The van der Waals surface area contributed by atoms with Crippen LogP contribution in [0.15, 0.2) is 42.3 Å². The summed E-state index contributed by atoms with van der Waals surface area (Å²) in [6, 6.07) is 5.31. The molecular weight excluding hydrogens is 737 g/mol. The number of nitrogens with zero attached hydrogens (tertiary/aromatic N) is 3. The number of pyridine rings is 1.